The van der Waals surface area contributed by atoms with E-state index in [1.165, 1.54) is 6.07 Å². The average molecular weight is 350 g/mol. The highest BCUT2D eigenvalue weighted by molar-refractivity contribution is 5.95. The predicted octanol–water partition coefficient (Wildman–Crippen LogP) is 5.18. The smallest absolute Gasteiger partial charge is 0.311 e. The molecule has 26 heavy (non-hydrogen) atoms. The number of aromatic nitrogens is 1. The zero-order chi connectivity index (χ0) is 18.1. The van der Waals surface area contributed by atoms with Crippen molar-refractivity contribution in [1.29, 1.82) is 0 Å². The number of hydrogen-bond acceptors (Lipinski definition) is 5. The first-order valence-electron chi connectivity index (χ1n) is 8.20. The Morgan fingerprint density at radius 3 is 2.81 bits per heavy atom. The van der Waals surface area contributed by atoms with E-state index in [0.29, 0.717) is 5.52 Å². The van der Waals surface area contributed by atoms with E-state index < -0.39 is 11.8 Å². The lowest BCUT2D eigenvalue weighted by atomic mass is 10.1. The van der Waals surface area contributed by atoms with E-state index in [1.807, 2.05) is 42.5 Å². The standard InChI is InChI=1S/C20H15FN2O3/c1-2-17(24)25-16-11-10-15-19(18(16)21)26-20(23-15)22-14-9-5-7-12-6-3-4-8-13(12)14/h3-11H,2H2,1H3,(H,22,23). The summed E-state index contributed by atoms with van der Waals surface area (Å²) >= 11 is 0. The summed E-state index contributed by atoms with van der Waals surface area (Å²) in [7, 11) is 0. The highest BCUT2D eigenvalue weighted by Crippen LogP contribution is 2.31. The number of carbonyl (C=O) groups is 1. The summed E-state index contributed by atoms with van der Waals surface area (Å²) in [5, 5.41) is 5.14. The third kappa shape index (κ3) is 2.86. The predicted molar refractivity (Wildman–Crippen MR) is 97.1 cm³/mol. The zero-order valence-corrected chi connectivity index (χ0v) is 14.0. The van der Waals surface area contributed by atoms with Gasteiger partial charge in [0, 0.05) is 11.8 Å². The van der Waals surface area contributed by atoms with Crippen LogP contribution < -0.4 is 10.1 Å². The first-order chi connectivity index (χ1) is 12.7. The van der Waals surface area contributed by atoms with Crippen LogP contribution in [-0.2, 0) is 4.79 Å². The quantitative estimate of drug-likeness (QED) is 0.406. The van der Waals surface area contributed by atoms with Gasteiger partial charge in [-0.15, -0.1) is 0 Å². The van der Waals surface area contributed by atoms with Crippen molar-refractivity contribution in [2.24, 2.45) is 0 Å². The number of anilines is 2. The molecule has 4 rings (SSSR count). The highest BCUT2D eigenvalue weighted by Gasteiger charge is 2.17. The maximum atomic E-state index is 14.5. The Balaban J connectivity index is 1.71. The second kappa shape index (κ2) is 6.48. The van der Waals surface area contributed by atoms with E-state index in [4.69, 9.17) is 9.15 Å². The topological polar surface area (TPSA) is 64.4 Å². The summed E-state index contributed by atoms with van der Waals surface area (Å²) in [6, 6.07) is 16.8. The summed E-state index contributed by atoms with van der Waals surface area (Å²) in [5.41, 5.74) is 1.07. The van der Waals surface area contributed by atoms with E-state index in [-0.39, 0.29) is 23.8 Å². The minimum absolute atomic E-state index is 0.0610. The monoisotopic (exact) mass is 350 g/mol. The fourth-order valence-corrected chi connectivity index (χ4v) is 2.72. The number of ether oxygens (including phenoxy) is 1. The maximum absolute atomic E-state index is 14.5. The zero-order valence-electron chi connectivity index (χ0n) is 14.0. The molecule has 0 bridgehead atoms. The molecule has 0 fully saturated rings. The molecule has 0 unspecified atom stereocenters. The largest absolute Gasteiger partial charge is 0.423 e. The Labute approximate surface area is 148 Å². The molecule has 5 nitrogen and oxygen atoms in total. The SMILES string of the molecule is CCC(=O)Oc1ccc2nc(Nc3cccc4ccccc34)oc2c1F. The van der Waals surface area contributed by atoms with Crippen molar-refractivity contribution >= 4 is 39.5 Å². The molecule has 0 radical (unpaired) electrons. The van der Waals surface area contributed by atoms with Crippen molar-refractivity contribution in [3.63, 3.8) is 0 Å². The molecule has 0 saturated carbocycles. The van der Waals surface area contributed by atoms with Gasteiger partial charge in [0.25, 0.3) is 6.01 Å². The van der Waals surface area contributed by atoms with Gasteiger partial charge in [-0.3, -0.25) is 4.79 Å². The summed E-state index contributed by atoms with van der Waals surface area (Å²) in [4.78, 5) is 15.7. The minimum Gasteiger partial charge on any atom is -0.423 e. The van der Waals surface area contributed by atoms with Gasteiger partial charge in [-0.25, -0.2) is 0 Å². The van der Waals surface area contributed by atoms with Gasteiger partial charge in [-0.2, -0.15) is 9.37 Å². The molecular formula is C20H15FN2O3. The Morgan fingerprint density at radius 2 is 1.96 bits per heavy atom. The van der Waals surface area contributed by atoms with E-state index in [0.717, 1.165) is 16.5 Å². The van der Waals surface area contributed by atoms with Crippen molar-refractivity contribution in [2.45, 2.75) is 13.3 Å². The molecule has 4 aromatic rings. The molecule has 1 N–H and O–H groups in total. The summed E-state index contributed by atoms with van der Waals surface area (Å²) in [6.07, 6.45) is 0.155. The molecular weight excluding hydrogens is 335 g/mol. The van der Waals surface area contributed by atoms with Crippen LogP contribution in [0.15, 0.2) is 59.0 Å². The van der Waals surface area contributed by atoms with Gasteiger partial charge in [0.2, 0.25) is 5.82 Å². The van der Waals surface area contributed by atoms with E-state index in [2.05, 4.69) is 10.3 Å². The molecule has 0 aliphatic rings. The van der Waals surface area contributed by atoms with Crippen LogP contribution in [0.2, 0.25) is 0 Å². The van der Waals surface area contributed by atoms with E-state index >= 15 is 0 Å². The highest BCUT2D eigenvalue weighted by atomic mass is 19.1. The van der Waals surface area contributed by atoms with Gasteiger partial charge in [0.15, 0.2) is 11.3 Å². The van der Waals surface area contributed by atoms with Crippen molar-refractivity contribution < 1.29 is 18.3 Å². The number of rotatable bonds is 4. The molecule has 6 heteroatoms. The van der Waals surface area contributed by atoms with Gasteiger partial charge < -0.3 is 14.5 Å². The average Bonchev–Trinajstić information content (AvgIpc) is 3.08. The summed E-state index contributed by atoms with van der Waals surface area (Å²) in [5.74, 6) is -1.43. The van der Waals surface area contributed by atoms with Crippen LogP contribution in [-0.4, -0.2) is 11.0 Å². The normalized spacial score (nSPS) is 11.0. The van der Waals surface area contributed by atoms with Gasteiger partial charge in [0.05, 0.1) is 5.69 Å². The van der Waals surface area contributed by atoms with Gasteiger partial charge in [0.1, 0.15) is 5.52 Å². The van der Waals surface area contributed by atoms with Crippen LogP contribution in [0.1, 0.15) is 13.3 Å². The molecule has 0 aliphatic heterocycles. The van der Waals surface area contributed by atoms with Gasteiger partial charge in [-0.1, -0.05) is 43.3 Å². The maximum Gasteiger partial charge on any atom is 0.311 e. The Morgan fingerprint density at radius 1 is 1.15 bits per heavy atom. The third-order valence-corrected chi connectivity index (χ3v) is 4.01. The molecule has 1 aromatic heterocycles. The number of hydrogen-bond donors (Lipinski definition) is 1. The van der Waals surface area contributed by atoms with Crippen LogP contribution >= 0.6 is 0 Å². The number of benzene rings is 3. The number of oxazole rings is 1. The van der Waals surface area contributed by atoms with Crippen molar-refractivity contribution in [1.82, 2.24) is 4.98 Å². The Hall–Kier alpha value is -3.41. The van der Waals surface area contributed by atoms with Crippen molar-refractivity contribution in [3.8, 4) is 5.75 Å². The number of nitrogens with one attached hydrogen (secondary N) is 1. The number of esters is 1. The molecule has 3 aromatic carbocycles. The molecule has 0 amide bonds. The molecule has 0 spiro atoms. The first kappa shape index (κ1) is 16.1. The van der Waals surface area contributed by atoms with Gasteiger partial charge in [-0.05, 0) is 23.6 Å². The fourth-order valence-electron chi connectivity index (χ4n) is 2.72. The van der Waals surface area contributed by atoms with Crippen LogP contribution in [0.3, 0.4) is 0 Å². The number of halogens is 1. The van der Waals surface area contributed by atoms with Gasteiger partial charge >= 0.3 is 5.97 Å². The van der Waals surface area contributed by atoms with E-state index in [1.54, 1.807) is 13.0 Å². The third-order valence-electron chi connectivity index (χ3n) is 4.01. The molecule has 130 valence electrons. The summed E-state index contributed by atoms with van der Waals surface area (Å²) in [6.45, 7) is 1.64. The Bertz CT molecular complexity index is 1120. The first-order valence-corrected chi connectivity index (χ1v) is 8.20. The number of nitrogens with zero attached hydrogens (tertiary/aromatic N) is 1. The van der Waals surface area contributed by atoms with Crippen LogP contribution in [0.25, 0.3) is 21.9 Å². The van der Waals surface area contributed by atoms with Crippen molar-refractivity contribution in [3.05, 3.63) is 60.4 Å². The minimum atomic E-state index is -0.747. The lowest BCUT2D eigenvalue weighted by molar-refractivity contribution is -0.134. The Kier molecular flexibility index (Phi) is 4.01. The number of carbonyl (C=O) groups excluding carboxylic acids is 1. The van der Waals surface area contributed by atoms with Crippen LogP contribution in [0.5, 0.6) is 5.75 Å². The second-order valence-electron chi connectivity index (χ2n) is 5.72. The number of fused-ring (bicyclic) bond motifs is 2. The fraction of sp³-hybridized carbons (Fsp3) is 0.100. The molecule has 1 heterocycles. The molecule has 0 saturated heterocycles. The van der Waals surface area contributed by atoms with Crippen molar-refractivity contribution in [2.75, 3.05) is 5.32 Å². The summed E-state index contributed by atoms with van der Waals surface area (Å²) < 4.78 is 25.0. The molecule has 0 aliphatic carbocycles. The van der Waals surface area contributed by atoms with E-state index in [9.17, 15) is 9.18 Å². The van der Waals surface area contributed by atoms with Crippen LogP contribution in [0.4, 0.5) is 16.1 Å². The lowest BCUT2D eigenvalue weighted by Crippen LogP contribution is -2.06. The van der Waals surface area contributed by atoms with Crippen LogP contribution in [0, 0.1) is 5.82 Å². The second-order valence-corrected chi connectivity index (χ2v) is 5.72. The lowest BCUT2D eigenvalue weighted by Gasteiger charge is -2.06. The molecule has 0 atom stereocenters.